The van der Waals surface area contributed by atoms with Gasteiger partial charge in [0.2, 0.25) is 0 Å². The molecule has 0 aromatic heterocycles. The average molecular weight is 280 g/mol. The van der Waals surface area contributed by atoms with Gasteiger partial charge in [-0.1, -0.05) is 30.3 Å². The van der Waals surface area contributed by atoms with Crippen molar-refractivity contribution in [3.63, 3.8) is 0 Å². The Bertz CT molecular complexity index is 473. The molecule has 0 fully saturated rings. The highest BCUT2D eigenvalue weighted by Gasteiger charge is 2.22. The van der Waals surface area contributed by atoms with E-state index in [9.17, 15) is 14.4 Å². The Balaban J connectivity index is 2.72. The number of carbonyl (C=O) groups is 3. The van der Waals surface area contributed by atoms with Crippen LogP contribution in [0.5, 0.6) is 0 Å². The molecule has 0 atom stereocenters. The van der Waals surface area contributed by atoms with Gasteiger partial charge in [0.15, 0.2) is 0 Å². The molecule has 1 rings (SSSR count). The van der Waals surface area contributed by atoms with Crippen molar-refractivity contribution in [3.8, 4) is 0 Å². The van der Waals surface area contributed by atoms with Crippen molar-refractivity contribution in [1.82, 2.24) is 9.80 Å². The first-order valence-corrected chi connectivity index (χ1v) is 5.87. The quantitative estimate of drug-likeness (QED) is 0.799. The molecule has 0 saturated carbocycles. The van der Waals surface area contributed by atoms with E-state index in [1.807, 2.05) is 30.3 Å². The summed E-state index contributed by atoms with van der Waals surface area (Å²) in [4.78, 5) is 35.4. The van der Waals surface area contributed by atoms with Crippen molar-refractivity contribution in [2.24, 2.45) is 0 Å². The minimum atomic E-state index is -1.26. The summed E-state index contributed by atoms with van der Waals surface area (Å²) in [6.07, 6.45) is 0. The number of benzene rings is 1. The third kappa shape index (κ3) is 4.97. The maximum atomic E-state index is 12.0. The van der Waals surface area contributed by atoms with Crippen LogP contribution in [0.4, 0.5) is 4.79 Å². The fraction of sp³-hybridized carbons (Fsp3) is 0.308. The maximum Gasteiger partial charge on any atom is 0.323 e. The molecular weight excluding hydrogens is 264 g/mol. The minimum Gasteiger partial charge on any atom is -0.480 e. The fourth-order valence-electron chi connectivity index (χ4n) is 1.68. The molecule has 0 heterocycles. The Morgan fingerprint density at radius 2 is 1.50 bits per heavy atom. The first-order chi connectivity index (χ1) is 9.40. The average Bonchev–Trinajstić information content (AvgIpc) is 2.37. The Kier molecular flexibility index (Phi) is 5.52. The van der Waals surface area contributed by atoms with Crippen molar-refractivity contribution < 1.29 is 24.6 Å². The lowest BCUT2D eigenvalue weighted by Gasteiger charge is -2.25. The van der Waals surface area contributed by atoms with Crippen molar-refractivity contribution in [2.45, 2.75) is 6.54 Å². The topological polar surface area (TPSA) is 98.2 Å². The number of carboxylic acids is 2. The molecule has 108 valence electrons. The lowest BCUT2D eigenvalue weighted by molar-refractivity contribution is -0.140. The predicted octanol–water partition coefficient (Wildman–Crippen LogP) is 0.710. The van der Waals surface area contributed by atoms with Crippen molar-refractivity contribution in [2.75, 3.05) is 20.1 Å². The summed E-state index contributed by atoms with van der Waals surface area (Å²) in [5.41, 5.74) is 0.869. The minimum absolute atomic E-state index is 0.273. The maximum absolute atomic E-state index is 12.0. The first kappa shape index (κ1) is 15.5. The number of aliphatic carboxylic acids is 2. The van der Waals surface area contributed by atoms with Gasteiger partial charge in [0, 0.05) is 13.6 Å². The molecule has 0 aliphatic carbocycles. The Morgan fingerprint density at radius 1 is 1.00 bits per heavy atom. The van der Waals surface area contributed by atoms with Gasteiger partial charge in [0.05, 0.1) is 0 Å². The van der Waals surface area contributed by atoms with Gasteiger partial charge in [-0.05, 0) is 5.56 Å². The fourth-order valence-corrected chi connectivity index (χ4v) is 1.68. The molecule has 0 bridgehead atoms. The number of urea groups is 1. The summed E-state index contributed by atoms with van der Waals surface area (Å²) in [6.45, 7) is -1.02. The number of carbonyl (C=O) groups excluding carboxylic acids is 1. The van der Waals surface area contributed by atoms with E-state index in [4.69, 9.17) is 10.2 Å². The highest BCUT2D eigenvalue weighted by Crippen LogP contribution is 2.05. The van der Waals surface area contributed by atoms with Gasteiger partial charge < -0.3 is 20.0 Å². The van der Waals surface area contributed by atoms with Gasteiger partial charge in [-0.2, -0.15) is 0 Å². The molecule has 2 amide bonds. The number of hydrogen-bond acceptors (Lipinski definition) is 3. The number of rotatable bonds is 6. The van der Waals surface area contributed by atoms with Crippen LogP contribution in [0.3, 0.4) is 0 Å². The van der Waals surface area contributed by atoms with Crippen LogP contribution in [0.25, 0.3) is 0 Å². The summed E-state index contributed by atoms with van der Waals surface area (Å²) in [5, 5.41) is 17.4. The van der Waals surface area contributed by atoms with E-state index in [-0.39, 0.29) is 6.54 Å². The van der Waals surface area contributed by atoms with Crippen LogP contribution in [-0.4, -0.2) is 58.1 Å². The predicted molar refractivity (Wildman–Crippen MR) is 70.1 cm³/mol. The molecule has 0 aliphatic rings. The van der Waals surface area contributed by atoms with Gasteiger partial charge in [0.1, 0.15) is 13.1 Å². The Morgan fingerprint density at radius 3 is 1.95 bits per heavy atom. The third-order valence-corrected chi connectivity index (χ3v) is 2.51. The van der Waals surface area contributed by atoms with Gasteiger partial charge in [-0.15, -0.1) is 0 Å². The van der Waals surface area contributed by atoms with Crippen LogP contribution >= 0.6 is 0 Å². The van der Waals surface area contributed by atoms with Crippen LogP contribution in [0.2, 0.25) is 0 Å². The molecule has 7 nitrogen and oxygen atoms in total. The highest BCUT2D eigenvalue weighted by molar-refractivity contribution is 5.84. The zero-order chi connectivity index (χ0) is 15.1. The van der Waals surface area contributed by atoms with E-state index in [0.29, 0.717) is 0 Å². The van der Waals surface area contributed by atoms with E-state index >= 15 is 0 Å². The summed E-state index contributed by atoms with van der Waals surface area (Å²) < 4.78 is 0. The molecule has 7 heteroatoms. The van der Waals surface area contributed by atoms with Crippen molar-refractivity contribution in [1.29, 1.82) is 0 Å². The van der Waals surface area contributed by atoms with Gasteiger partial charge in [-0.25, -0.2) is 4.79 Å². The largest absolute Gasteiger partial charge is 0.480 e. The SMILES string of the molecule is CN(Cc1ccccc1)C(=O)N(CC(=O)O)CC(=O)O. The van der Waals surface area contributed by atoms with Crippen LogP contribution in [0.15, 0.2) is 30.3 Å². The molecule has 0 aliphatic heterocycles. The normalized spacial score (nSPS) is 9.85. The lowest BCUT2D eigenvalue weighted by Crippen LogP contribution is -2.45. The van der Waals surface area contributed by atoms with E-state index in [2.05, 4.69) is 0 Å². The third-order valence-electron chi connectivity index (χ3n) is 2.51. The van der Waals surface area contributed by atoms with Crippen molar-refractivity contribution in [3.05, 3.63) is 35.9 Å². The number of hydrogen-bond donors (Lipinski definition) is 2. The molecule has 20 heavy (non-hydrogen) atoms. The van der Waals surface area contributed by atoms with Crippen LogP contribution in [0.1, 0.15) is 5.56 Å². The zero-order valence-corrected chi connectivity index (χ0v) is 11.0. The van der Waals surface area contributed by atoms with Gasteiger partial charge in [-0.3, -0.25) is 9.59 Å². The number of carboxylic acid groups (broad SMARTS) is 2. The van der Waals surface area contributed by atoms with E-state index < -0.39 is 31.1 Å². The molecule has 0 spiro atoms. The molecule has 0 saturated heterocycles. The second-order valence-electron chi connectivity index (χ2n) is 4.27. The van der Waals surface area contributed by atoms with E-state index in [1.165, 1.54) is 11.9 Å². The zero-order valence-electron chi connectivity index (χ0n) is 11.0. The first-order valence-electron chi connectivity index (χ1n) is 5.87. The molecule has 2 N–H and O–H groups in total. The molecule has 1 aromatic rings. The standard InChI is InChI=1S/C13H16N2O5/c1-14(7-10-5-3-2-4-6-10)13(20)15(8-11(16)17)9-12(18)19/h2-6H,7-9H2,1H3,(H,16,17)(H,18,19). The lowest BCUT2D eigenvalue weighted by atomic mass is 10.2. The molecular formula is C13H16N2O5. The molecule has 0 unspecified atom stereocenters. The number of nitrogens with zero attached hydrogens (tertiary/aromatic N) is 2. The molecule has 1 aromatic carbocycles. The van der Waals surface area contributed by atoms with Gasteiger partial charge >= 0.3 is 18.0 Å². The van der Waals surface area contributed by atoms with E-state index in [1.54, 1.807) is 0 Å². The van der Waals surface area contributed by atoms with Crippen LogP contribution < -0.4 is 0 Å². The van der Waals surface area contributed by atoms with Crippen LogP contribution in [-0.2, 0) is 16.1 Å². The Hall–Kier alpha value is -2.57. The summed E-state index contributed by atoms with van der Waals surface area (Å²) in [5.74, 6) is -2.51. The summed E-state index contributed by atoms with van der Waals surface area (Å²) in [6, 6.07) is 8.48. The highest BCUT2D eigenvalue weighted by atomic mass is 16.4. The van der Waals surface area contributed by atoms with Gasteiger partial charge in [0.25, 0.3) is 0 Å². The second kappa shape index (κ2) is 7.13. The van der Waals surface area contributed by atoms with E-state index in [0.717, 1.165) is 10.5 Å². The monoisotopic (exact) mass is 280 g/mol. The summed E-state index contributed by atoms with van der Waals surface area (Å²) in [7, 11) is 1.49. The Labute approximate surface area is 116 Å². The molecule has 0 radical (unpaired) electrons. The van der Waals surface area contributed by atoms with Crippen LogP contribution in [0, 0.1) is 0 Å². The second-order valence-corrected chi connectivity index (χ2v) is 4.27. The van der Waals surface area contributed by atoms with Crippen molar-refractivity contribution >= 4 is 18.0 Å². The smallest absolute Gasteiger partial charge is 0.323 e. The summed E-state index contributed by atoms with van der Waals surface area (Å²) >= 11 is 0. The number of amides is 2.